The predicted molar refractivity (Wildman–Crippen MR) is 166 cm³/mol. The summed E-state index contributed by atoms with van der Waals surface area (Å²) in [4.78, 5) is 26.2. The Labute approximate surface area is 258 Å². The molecule has 1 N–H and O–H groups in total. The fourth-order valence-electron chi connectivity index (χ4n) is 3.64. The van der Waals surface area contributed by atoms with Gasteiger partial charge >= 0.3 is 6.09 Å². The van der Waals surface area contributed by atoms with Crippen LogP contribution in [0.3, 0.4) is 0 Å². The number of nitrogens with one attached hydrogen (secondary N) is 1. The zero-order chi connectivity index (χ0) is 31.6. The summed E-state index contributed by atoms with van der Waals surface area (Å²) in [5.41, 5.74) is 2.05. The molecule has 1 rings (SSSR count). The highest BCUT2D eigenvalue weighted by Gasteiger charge is 2.15. The maximum absolute atomic E-state index is 12.8. The van der Waals surface area contributed by atoms with Crippen molar-refractivity contribution in [3.05, 3.63) is 35.4 Å². The Balaban J connectivity index is 1.99. The van der Waals surface area contributed by atoms with Crippen molar-refractivity contribution < 1.29 is 42.7 Å². The first-order chi connectivity index (χ1) is 20.7. The first kappa shape index (κ1) is 38.7. The van der Waals surface area contributed by atoms with E-state index in [1.807, 2.05) is 25.7 Å². The molecule has 11 heteroatoms. The van der Waals surface area contributed by atoms with Crippen molar-refractivity contribution in [3.63, 3.8) is 0 Å². The average Bonchev–Trinajstić information content (AvgIpc) is 2.96. The Morgan fingerprint density at radius 3 is 1.58 bits per heavy atom. The molecule has 1 aromatic carbocycles. The highest BCUT2D eigenvalue weighted by molar-refractivity contribution is 5.76. The third-order valence-corrected chi connectivity index (χ3v) is 5.89. The van der Waals surface area contributed by atoms with E-state index in [4.69, 9.17) is 33.2 Å². The maximum Gasteiger partial charge on any atom is 0.407 e. The minimum absolute atomic E-state index is 0.112. The van der Waals surface area contributed by atoms with Gasteiger partial charge in [0.05, 0.1) is 72.7 Å². The molecule has 0 saturated carbocycles. The van der Waals surface area contributed by atoms with E-state index in [-0.39, 0.29) is 18.1 Å². The van der Waals surface area contributed by atoms with Crippen LogP contribution in [0.2, 0.25) is 0 Å². The minimum Gasteiger partial charge on any atom is -0.447 e. The van der Waals surface area contributed by atoms with Gasteiger partial charge in [-0.05, 0) is 46.1 Å². The number of rotatable bonds is 26. The molecule has 0 saturated heterocycles. The van der Waals surface area contributed by atoms with Gasteiger partial charge in [-0.1, -0.05) is 36.8 Å². The third-order valence-electron chi connectivity index (χ3n) is 5.89. The number of amides is 2. The van der Waals surface area contributed by atoms with Crippen LogP contribution >= 0.6 is 0 Å². The monoisotopic (exact) mass is 612 g/mol. The summed E-state index contributed by atoms with van der Waals surface area (Å²) in [6.07, 6.45) is 1.69. The molecule has 0 spiro atoms. The largest absolute Gasteiger partial charge is 0.447 e. The number of hydrogen-bond donors (Lipinski definition) is 1. The summed E-state index contributed by atoms with van der Waals surface area (Å²) in [6.45, 7) is 16.7. The lowest BCUT2D eigenvalue weighted by molar-refractivity contribution is -0.132. The third kappa shape index (κ3) is 23.8. The molecule has 0 unspecified atom stereocenters. The Hall–Kier alpha value is -2.28. The number of nitrogens with zero attached hydrogens (tertiary/aromatic N) is 1. The van der Waals surface area contributed by atoms with E-state index in [2.05, 4.69) is 43.4 Å². The second-order valence-electron chi connectivity index (χ2n) is 11.1. The number of carbonyl (C=O) groups excluding carboxylic acids is 2. The summed E-state index contributed by atoms with van der Waals surface area (Å²) in [5.74, 6) is 0.112. The van der Waals surface area contributed by atoms with Crippen LogP contribution in [0.5, 0.6) is 0 Å². The lowest BCUT2D eigenvalue weighted by Crippen LogP contribution is -2.41. The summed E-state index contributed by atoms with van der Waals surface area (Å²) in [6, 6.07) is 8.30. The van der Waals surface area contributed by atoms with Crippen LogP contribution in [0.4, 0.5) is 4.79 Å². The van der Waals surface area contributed by atoms with Crippen LogP contribution in [-0.2, 0) is 44.4 Å². The van der Waals surface area contributed by atoms with Crippen molar-refractivity contribution in [1.29, 1.82) is 0 Å². The fourth-order valence-corrected chi connectivity index (χ4v) is 3.64. The molecule has 0 aliphatic rings. The Kier molecular flexibility index (Phi) is 22.6. The van der Waals surface area contributed by atoms with Crippen LogP contribution in [0.15, 0.2) is 24.3 Å². The molecule has 0 atom stereocenters. The topological polar surface area (TPSA) is 114 Å². The van der Waals surface area contributed by atoms with E-state index in [1.165, 1.54) is 11.1 Å². The number of ether oxygens (including phenoxy) is 7. The van der Waals surface area contributed by atoms with E-state index < -0.39 is 6.09 Å². The van der Waals surface area contributed by atoms with Gasteiger partial charge < -0.3 is 43.4 Å². The maximum atomic E-state index is 12.8. The van der Waals surface area contributed by atoms with Crippen molar-refractivity contribution in [1.82, 2.24) is 10.2 Å². The van der Waals surface area contributed by atoms with Gasteiger partial charge in [0, 0.05) is 31.7 Å². The second kappa shape index (κ2) is 25.1. The van der Waals surface area contributed by atoms with Gasteiger partial charge in [-0.25, -0.2) is 4.79 Å². The molecule has 0 aliphatic carbocycles. The van der Waals surface area contributed by atoms with E-state index in [0.29, 0.717) is 98.8 Å². The molecular weight excluding hydrogens is 556 g/mol. The van der Waals surface area contributed by atoms with Crippen LogP contribution in [0, 0.1) is 6.92 Å². The number of hydrogen-bond acceptors (Lipinski definition) is 9. The molecule has 11 nitrogen and oxygen atoms in total. The van der Waals surface area contributed by atoms with Crippen LogP contribution in [0.1, 0.15) is 51.7 Å². The highest BCUT2D eigenvalue weighted by atomic mass is 16.6. The van der Waals surface area contributed by atoms with Crippen LogP contribution in [0.25, 0.3) is 0 Å². The molecule has 0 fully saturated rings. The Bertz CT molecular complexity index is 831. The van der Waals surface area contributed by atoms with Crippen molar-refractivity contribution in [3.8, 4) is 0 Å². The zero-order valence-corrected chi connectivity index (χ0v) is 27.2. The molecule has 43 heavy (non-hydrogen) atoms. The van der Waals surface area contributed by atoms with Gasteiger partial charge in [0.2, 0.25) is 5.91 Å². The summed E-state index contributed by atoms with van der Waals surface area (Å²) < 4.78 is 38.2. The SMILES string of the molecule is CCCOCCN(CCOCCOCCOCCOCCOCCOC(=O)NC(C)(C)C)C(=O)CCc1ccc(C)cc1. The summed E-state index contributed by atoms with van der Waals surface area (Å²) >= 11 is 0. The van der Waals surface area contributed by atoms with Gasteiger partial charge in [-0.3, -0.25) is 4.79 Å². The van der Waals surface area contributed by atoms with Gasteiger partial charge in [0.25, 0.3) is 0 Å². The standard InChI is InChI=1S/C32H56N2O9/c1-6-15-37-16-13-34(30(35)12-11-29-9-7-28(2)8-10-29)14-17-38-18-19-39-20-21-40-22-23-41-24-25-42-26-27-43-31(36)33-32(3,4)5/h7-10H,6,11-27H2,1-5H3,(H,33,36). The average molecular weight is 613 g/mol. The van der Waals surface area contributed by atoms with Crippen LogP contribution in [-0.4, -0.2) is 121 Å². The fraction of sp³-hybridized carbons (Fsp3) is 0.750. The van der Waals surface area contributed by atoms with Gasteiger partial charge in [0.15, 0.2) is 0 Å². The Morgan fingerprint density at radius 1 is 0.674 bits per heavy atom. The molecule has 2 amide bonds. The van der Waals surface area contributed by atoms with Crippen molar-refractivity contribution in [2.45, 2.75) is 59.4 Å². The molecule has 0 bridgehead atoms. The normalized spacial score (nSPS) is 11.5. The number of aryl methyl sites for hydroxylation is 2. The first-order valence-electron chi connectivity index (χ1n) is 15.5. The van der Waals surface area contributed by atoms with Crippen molar-refractivity contribution in [2.75, 3.05) is 99.0 Å². The van der Waals surface area contributed by atoms with Crippen molar-refractivity contribution >= 4 is 12.0 Å². The van der Waals surface area contributed by atoms with Gasteiger partial charge in [-0.15, -0.1) is 0 Å². The molecule has 0 heterocycles. The second-order valence-corrected chi connectivity index (χ2v) is 11.1. The van der Waals surface area contributed by atoms with E-state index >= 15 is 0 Å². The van der Waals surface area contributed by atoms with Gasteiger partial charge in [0.1, 0.15) is 6.61 Å². The van der Waals surface area contributed by atoms with Crippen molar-refractivity contribution in [2.24, 2.45) is 0 Å². The van der Waals surface area contributed by atoms with Gasteiger partial charge in [-0.2, -0.15) is 0 Å². The van der Waals surface area contributed by atoms with E-state index in [1.54, 1.807) is 0 Å². The Morgan fingerprint density at radius 2 is 1.12 bits per heavy atom. The minimum atomic E-state index is -0.454. The first-order valence-corrected chi connectivity index (χ1v) is 15.5. The van der Waals surface area contributed by atoms with E-state index in [9.17, 15) is 9.59 Å². The molecule has 0 aliphatic heterocycles. The molecule has 0 aromatic heterocycles. The summed E-state index contributed by atoms with van der Waals surface area (Å²) in [7, 11) is 0. The number of carbonyl (C=O) groups is 2. The summed E-state index contributed by atoms with van der Waals surface area (Å²) in [5, 5.41) is 2.71. The lowest BCUT2D eigenvalue weighted by atomic mass is 10.1. The van der Waals surface area contributed by atoms with E-state index in [0.717, 1.165) is 12.8 Å². The quantitative estimate of drug-likeness (QED) is 0.156. The number of benzene rings is 1. The predicted octanol–water partition coefficient (Wildman–Crippen LogP) is 3.79. The smallest absolute Gasteiger partial charge is 0.407 e. The highest BCUT2D eigenvalue weighted by Crippen LogP contribution is 2.08. The lowest BCUT2D eigenvalue weighted by Gasteiger charge is -2.23. The molecule has 0 radical (unpaired) electrons. The molecular formula is C32H56N2O9. The number of alkyl carbamates (subject to hydrolysis) is 1. The zero-order valence-electron chi connectivity index (χ0n) is 27.2. The molecule has 248 valence electrons. The molecule has 1 aromatic rings. The van der Waals surface area contributed by atoms with Crippen LogP contribution < -0.4 is 5.32 Å².